The van der Waals surface area contributed by atoms with Crippen LogP contribution in [0.25, 0.3) is 77.9 Å². The highest BCUT2D eigenvalue weighted by Gasteiger charge is 2.47. The molecule has 2 heterocycles. The van der Waals surface area contributed by atoms with Gasteiger partial charge in [0, 0.05) is 45.0 Å². The summed E-state index contributed by atoms with van der Waals surface area (Å²) in [4.78, 5) is 5.42. The molecule has 0 N–H and O–H groups in total. The fraction of sp³-hybridized carbons (Fsp3) is 0.143. The van der Waals surface area contributed by atoms with Gasteiger partial charge in [-0.3, -0.25) is 0 Å². The number of hydrogen-bond acceptors (Lipinski definition) is 2. The SMILES string of the molecule is CC(C)(C)c1cc(-c2ccccc2)c(N2c3cc(-c4ccccc4)ccc3B3c4cc(-c5ccccc5)c(C(C)(C)C)cc4N(c4c(-c5ccccc5)cc(C(C)(C)C)cc4-c4ccccc4)c4cc(-c5ccccc5)cc2c43)c(-c2ccccc2)c1. The minimum absolute atomic E-state index is 0.161. The minimum Gasteiger partial charge on any atom is -0.310 e. The minimum atomic E-state index is -0.240. The molecule has 14 rings (SSSR count). The van der Waals surface area contributed by atoms with Crippen LogP contribution in [0.4, 0.5) is 34.1 Å². The average molecular weight is 1120 g/mol. The Balaban J connectivity index is 1.22. The molecule has 12 aromatic rings. The molecule has 0 saturated carbocycles. The second-order valence-corrected chi connectivity index (χ2v) is 26.9. The van der Waals surface area contributed by atoms with Crippen molar-refractivity contribution in [2.24, 2.45) is 0 Å². The van der Waals surface area contributed by atoms with Gasteiger partial charge in [0.25, 0.3) is 6.71 Å². The molecule has 2 aliphatic rings. The molecule has 87 heavy (non-hydrogen) atoms. The maximum atomic E-state index is 2.72. The molecule has 422 valence electrons. The van der Waals surface area contributed by atoms with Crippen molar-refractivity contribution in [2.75, 3.05) is 9.80 Å². The van der Waals surface area contributed by atoms with Crippen molar-refractivity contribution in [3.8, 4) is 77.9 Å². The Hall–Kier alpha value is -9.70. The van der Waals surface area contributed by atoms with Crippen molar-refractivity contribution in [1.29, 1.82) is 0 Å². The summed E-state index contributed by atoms with van der Waals surface area (Å²) in [5.41, 5.74) is 30.5. The van der Waals surface area contributed by atoms with Gasteiger partial charge >= 0.3 is 0 Å². The highest BCUT2D eigenvalue weighted by Crippen LogP contribution is 2.56. The van der Waals surface area contributed by atoms with Crippen LogP contribution in [-0.4, -0.2) is 6.71 Å². The van der Waals surface area contributed by atoms with Crippen LogP contribution in [0.5, 0.6) is 0 Å². The van der Waals surface area contributed by atoms with Gasteiger partial charge in [-0.15, -0.1) is 0 Å². The smallest absolute Gasteiger partial charge is 0.252 e. The summed E-state index contributed by atoms with van der Waals surface area (Å²) in [6.07, 6.45) is 0. The quantitative estimate of drug-likeness (QED) is 0.133. The lowest BCUT2D eigenvalue weighted by Gasteiger charge is -2.47. The van der Waals surface area contributed by atoms with E-state index in [4.69, 9.17) is 0 Å². The summed E-state index contributed by atoms with van der Waals surface area (Å²) >= 11 is 0. The molecule has 12 aromatic carbocycles. The van der Waals surface area contributed by atoms with Crippen LogP contribution in [0.2, 0.25) is 0 Å². The van der Waals surface area contributed by atoms with E-state index in [1.165, 1.54) is 106 Å². The summed E-state index contributed by atoms with van der Waals surface area (Å²) in [5, 5.41) is 0. The van der Waals surface area contributed by atoms with E-state index in [1.54, 1.807) is 0 Å². The van der Waals surface area contributed by atoms with Crippen LogP contribution in [0.15, 0.2) is 279 Å². The predicted octanol–water partition coefficient (Wildman–Crippen LogP) is 21.3. The molecule has 0 spiro atoms. The summed E-state index contributed by atoms with van der Waals surface area (Å²) in [6, 6.07) is 105. The van der Waals surface area contributed by atoms with Gasteiger partial charge in [0.2, 0.25) is 0 Å². The Morgan fingerprint density at radius 1 is 0.241 bits per heavy atom. The van der Waals surface area contributed by atoms with Gasteiger partial charge in [-0.05, 0) is 153 Å². The first-order valence-corrected chi connectivity index (χ1v) is 30.9. The number of benzene rings is 12. The van der Waals surface area contributed by atoms with E-state index >= 15 is 0 Å². The molecule has 0 saturated heterocycles. The molecule has 0 fully saturated rings. The zero-order valence-corrected chi connectivity index (χ0v) is 51.5. The predicted molar refractivity (Wildman–Crippen MR) is 375 cm³/mol. The molecule has 0 bridgehead atoms. The first kappa shape index (κ1) is 55.2. The van der Waals surface area contributed by atoms with Gasteiger partial charge in [-0.2, -0.15) is 0 Å². The largest absolute Gasteiger partial charge is 0.310 e. The number of nitrogens with zero attached hydrogens (tertiary/aromatic N) is 2. The summed E-state index contributed by atoms with van der Waals surface area (Å²) < 4.78 is 0. The second-order valence-electron chi connectivity index (χ2n) is 26.9. The molecule has 0 radical (unpaired) electrons. The number of hydrogen-bond donors (Lipinski definition) is 0. The Kier molecular flexibility index (Phi) is 13.7. The Labute approximate surface area is 516 Å². The maximum absolute atomic E-state index is 2.72. The third-order valence-electron chi connectivity index (χ3n) is 18.1. The van der Waals surface area contributed by atoms with Crippen LogP contribution < -0.4 is 26.2 Å². The summed E-state index contributed by atoms with van der Waals surface area (Å²) in [7, 11) is 0. The highest BCUT2D eigenvalue weighted by molar-refractivity contribution is 7.00. The second kappa shape index (κ2) is 21.7. The van der Waals surface area contributed by atoms with E-state index < -0.39 is 0 Å². The zero-order chi connectivity index (χ0) is 59.8. The van der Waals surface area contributed by atoms with Gasteiger partial charge in [-0.25, -0.2) is 0 Å². The van der Waals surface area contributed by atoms with E-state index in [0.29, 0.717) is 0 Å². The Bertz CT molecular complexity index is 4400. The highest BCUT2D eigenvalue weighted by atomic mass is 15.2. The molecule has 0 atom stereocenters. The monoisotopic (exact) mass is 1120 g/mol. The zero-order valence-electron chi connectivity index (χ0n) is 51.5. The standard InChI is InChI=1S/C84H73BN2/c1-82(2,3)65-50-68(59-37-23-13-24-38-59)80(69(51-65)60-39-25-14-26-40-60)86-75-47-63(56-31-17-10-18-32-56)45-46-73(75)85-74-54-67(58-35-21-12-22-36-58)72(84(7,8)9)55-76(74)87(78-49-64(48-77(86)79(78)85)57-33-19-11-20-34-57)81-70(61-41-27-15-28-42-61)52-66(83(4,5)6)53-71(81)62-43-29-16-30-44-62/h10-55H,1-9H3. The lowest BCUT2D eigenvalue weighted by molar-refractivity contribution is 0.590. The molecule has 0 aliphatic carbocycles. The van der Waals surface area contributed by atoms with E-state index in [9.17, 15) is 0 Å². The first-order chi connectivity index (χ1) is 42.1. The average Bonchev–Trinajstić information content (AvgIpc) is 0.728. The topological polar surface area (TPSA) is 6.48 Å². The fourth-order valence-corrected chi connectivity index (χ4v) is 13.6. The third kappa shape index (κ3) is 10.00. The number of rotatable bonds is 9. The van der Waals surface area contributed by atoms with Crippen LogP contribution >= 0.6 is 0 Å². The lowest BCUT2D eigenvalue weighted by Crippen LogP contribution is -2.61. The van der Waals surface area contributed by atoms with Gasteiger partial charge in [0.1, 0.15) is 0 Å². The molecular weight excluding hydrogens is 1050 g/mol. The molecule has 2 nitrogen and oxygen atoms in total. The molecule has 0 amide bonds. The molecule has 0 aromatic heterocycles. The van der Waals surface area contributed by atoms with Crippen molar-refractivity contribution >= 4 is 57.2 Å². The fourth-order valence-electron chi connectivity index (χ4n) is 13.6. The van der Waals surface area contributed by atoms with Crippen LogP contribution in [0.3, 0.4) is 0 Å². The van der Waals surface area contributed by atoms with E-state index in [0.717, 1.165) is 39.6 Å². The molecule has 3 heteroatoms. The van der Waals surface area contributed by atoms with Crippen LogP contribution in [-0.2, 0) is 16.2 Å². The van der Waals surface area contributed by atoms with Crippen molar-refractivity contribution in [3.05, 3.63) is 296 Å². The van der Waals surface area contributed by atoms with Gasteiger partial charge < -0.3 is 9.80 Å². The van der Waals surface area contributed by atoms with Gasteiger partial charge in [0.15, 0.2) is 0 Å². The van der Waals surface area contributed by atoms with Crippen molar-refractivity contribution < 1.29 is 0 Å². The van der Waals surface area contributed by atoms with E-state index in [-0.39, 0.29) is 23.0 Å². The van der Waals surface area contributed by atoms with E-state index in [2.05, 4.69) is 351 Å². The number of anilines is 6. The maximum Gasteiger partial charge on any atom is 0.252 e. The summed E-state index contributed by atoms with van der Waals surface area (Å²) in [5.74, 6) is 0. The van der Waals surface area contributed by atoms with Crippen molar-refractivity contribution in [2.45, 2.75) is 78.6 Å². The van der Waals surface area contributed by atoms with Crippen molar-refractivity contribution in [3.63, 3.8) is 0 Å². The van der Waals surface area contributed by atoms with Gasteiger partial charge in [0.05, 0.1) is 11.4 Å². The molecule has 0 unspecified atom stereocenters. The lowest BCUT2D eigenvalue weighted by atomic mass is 9.33. The first-order valence-electron chi connectivity index (χ1n) is 30.9. The van der Waals surface area contributed by atoms with Crippen LogP contribution in [0.1, 0.15) is 79.0 Å². The Morgan fingerprint density at radius 2 is 0.552 bits per heavy atom. The number of fused-ring (bicyclic) bond motifs is 4. The molecular formula is C84H73BN2. The normalized spacial score (nSPS) is 12.8. The van der Waals surface area contributed by atoms with E-state index in [1.807, 2.05) is 0 Å². The van der Waals surface area contributed by atoms with Gasteiger partial charge in [-0.1, -0.05) is 293 Å². The molecule has 2 aliphatic heterocycles. The van der Waals surface area contributed by atoms with Crippen LogP contribution in [0, 0.1) is 0 Å². The summed E-state index contributed by atoms with van der Waals surface area (Å²) in [6.45, 7) is 21.1. The van der Waals surface area contributed by atoms with Crippen molar-refractivity contribution in [1.82, 2.24) is 0 Å². The third-order valence-corrected chi connectivity index (χ3v) is 18.1. The Morgan fingerprint density at radius 3 is 0.897 bits per heavy atom.